The molecule has 0 heterocycles. The summed E-state index contributed by atoms with van der Waals surface area (Å²) in [7, 11) is 0. The lowest BCUT2D eigenvalue weighted by atomic mass is 10.3. The zero-order chi connectivity index (χ0) is 18.4. The smallest absolute Gasteiger partial charge is 0.347 e. The molecule has 132 valence electrons. The average molecular weight is 386 g/mol. The Kier molecular flexibility index (Phi) is 6.61. The molecule has 2 aromatic rings. The second-order valence-electron chi connectivity index (χ2n) is 4.97. The van der Waals surface area contributed by atoms with Crippen LogP contribution in [-0.4, -0.2) is 24.6 Å². The summed E-state index contributed by atoms with van der Waals surface area (Å²) in [6.07, 6.45) is -1.00. The summed E-state index contributed by atoms with van der Waals surface area (Å²) in [6.45, 7) is 0.872. The zero-order valence-corrected chi connectivity index (χ0v) is 14.6. The zero-order valence-electron chi connectivity index (χ0n) is 13.1. The van der Waals surface area contributed by atoms with Crippen molar-refractivity contribution < 1.29 is 23.5 Å². The third-order valence-electron chi connectivity index (χ3n) is 3.02. The van der Waals surface area contributed by atoms with Crippen LogP contribution < -0.4 is 10.1 Å². The molecule has 1 N–H and O–H groups in total. The van der Waals surface area contributed by atoms with Crippen LogP contribution in [0, 0.1) is 5.82 Å². The molecule has 0 unspecified atom stereocenters. The fourth-order valence-corrected chi connectivity index (χ4v) is 2.27. The topological polar surface area (TPSA) is 64.6 Å². The molecule has 2 aromatic carbocycles. The first-order valence-electron chi connectivity index (χ1n) is 7.19. The fourth-order valence-electron chi connectivity index (χ4n) is 1.81. The van der Waals surface area contributed by atoms with Gasteiger partial charge in [-0.25, -0.2) is 9.18 Å². The SMILES string of the molecule is C[C@H](Oc1ccc(Cl)cc1Cl)C(=O)OCC(=O)Nc1ccccc1F. The van der Waals surface area contributed by atoms with Gasteiger partial charge in [0.05, 0.1) is 10.7 Å². The number of benzene rings is 2. The van der Waals surface area contributed by atoms with Crippen molar-refractivity contribution in [2.45, 2.75) is 13.0 Å². The molecular weight excluding hydrogens is 372 g/mol. The molecular formula is C17H14Cl2FNO4. The summed E-state index contributed by atoms with van der Waals surface area (Å²) in [4.78, 5) is 23.6. The van der Waals surface area contributed by atoms with Crippen LogP contribution in [0.15, 0.2) is 42.5 Å². The standard InChI is InChI=1S/C17H14Cl2FNO4/c1-10(25-15-7-6-11(18)8-12(15)19)17(23)24-9-16(22)21-14-5-3-2-4-13(14)20/h2-8,10H,9H2,1H3,(H,21,22)/t10-/m0/s1. The average Bonchev–Trinajstić information content (AvgIpc) is 2.57. The Morgan fingerprint density at radius 1 is 1.20 bits per heavy atom. The van der Waals surface area contributed by atoms with Gasteiger partial charge in [0.1, 0.15) is 11.6 Å². The van der Waals surface area contributed by atoms with E-state index in [1.165, 1.54) is 37.3 Å². The fraction of sp³-hybridized carbons (Fsp3) is 0.176. The minimum atomic E-state index is -1.00. The van der Waals surface area contributed by atoms with Crippen LogP contribution in [0.3, 0.4) is 0 Å². The lowest BCUT2D eigenvalue weighted by Gasteiger charge is -2.15. The van der Waals surface area contributed by atoms with Crippen molar-refractivity contribution in [3.63, 3.8) is 0 Å². The molecule has 2 rings (SSSR count). The number of halogens is 3. The molecule has 8 heteroatoms. The Labute approximate surface area is 153 Å². The van der Waals surface area contributed by atoms with Crippen LogP contribution in [0.1, 0.15) is 6.92 Å². The molecule has 1 amide bonds. The predicted octanol–water partition coefficient (Wildman–Crippen LogP) is 4.08. The van der Waals surface area contributed by atoms with Crippen molar-refractivity contribution in [1.29, 1.82) is 0 Å². The number of carbonyl (C=O) groups excluding carboxylic acids is 2. The molecule has 1 atom stereocenters. The van der Waals surface area contributed by atoms with E-state index in [0.29, 0.717) is 5.02 Å². The van der Waals surface area contributed by atoms with E-state index in [2.05, 4.69) is 5.32 Å². The Morgan fingerprint density at radius 3 is 2.60 bits per heavy atom. The molecule has 0 bridgehead atoms. The summed E-state index contributed by atoms with van der Waals surface area (Å²) in [6, 6.07) is 10.2. The Hall–Kier alpha value is -2.31. The maximum atomic E-state index is 13.4. The number of para-hydroxylation sites is 1. The van der Waals surface area contributed by atoms with Gasteiger partial charge in [-0.05, 0) is 37.3 Å². The normalized spacial score (nSPS) is 11.5. The lowest BCUT2D eigenvalue weighted by Crippen LogP contribution is -2.30. The minimum absolute atomic E-state index is 0.000735. The monoisotopic (exact) mass is 385 g/mol. The van der Waals surface area contributed by atoms with E-state index < -0.39 is 30.4 Å². The molecule has 0 spiro atoms. The van der Waals surface area contributed by atoms with Gasteiger partial charge in [-0.1, -0.05) is 35.3 Å². The predicted molar refractivity (Wildman–Crippen MR) is 92.5 cm³/mol. The molecule has 5 nitrogen and oxygen atoms in total. The summed E-state index contributed by atoms with van der Waals surface area (Å²) in [5.74, 6) is -1.77. The van der Waals surface area contributed by atoms with Crippen molar-refractivity contribution in [2.75, 3.05) is 11.9 Å². The molecule has 0 aliphatic rings. The first-order chi connectivity index (χ1) is 11.9. The minimum Gasteiger partial charge on any atom is -0.477 e. The Morgan fingerprint density at radius 2 is 1.92 bits per heavy atom. The number of hydrogen-bond donors (Lipinski definition) is 1. The first kappa shape index (κ1) is 19.0. The number of hydrogen-bond acceptors (Lipinski definition) is 4. The van der Waals surface area contributed by atoms with Gasteiger partial charge in [-0.15, -0.1) is 0 Å². The maximum Gasteiger partial charge on any atom is 0.347 e. The van der Waals surface area contributed by atoms with Crippen LogP contribution >= 0.6 is 23.2 Å². The van der Waals surface area contributed by atoms with E-state index in [4.69, 9.17) is 32.7 Å². The van der Waals surface area contributed by atoms with Crippen molar-refractivity contribution in [3.8, 4) is 5.75 Å². The van der Waals surface area contributed by atoms with Gasteiger partial charge in [-0.3, -0.25) is 4.79 Å². The maximum absolute atomic E-state index is 13.4. The van der Waals surface area contributed by atoms with Gasteiger partial charge in [-0.2, -0.15) is 0 Å². The highest BCUT2D eigenvalue weighted by atomic mass is 35.5. The molecule has 0 saturated carbocycles. The van der Waals surface area contributed by atoms with E-state index >= 15 is 0 Å². The Bertz CT molecular complexity index is 785. The van der Waals surface area contributed by atoms with Gasteiger partial charge < -0.3 is 14.8 Å². The molecule has 25 heavy (non-hydrogen) atoms. The van der Waals surface area contributed by atoms with Crippen LogP contribution in [0.5, 0.6) is 5.75 Å². The van der Waals surface area contributed by atoms with E-state index in [0.717, 1.165) is 0 Å². The number of rotatable bonds is 6. The first-order valence-corrected chi connectivity index (χ1v) is 7.95. The van der Waals surface area contributed by atoms with E-state index in [-0.39, 0.29) is 16.5 Å². The van der Waals surface area contributed by atoms with E-state index in [1.54, 1.807) is 12.1 Å². The quantitative estimate of drug-likeness (QED) is 0.760. The van der Waals surface area contributed by atoms with Crippen LogP contribution in [0.25, 0.3) is 0 Å². The van der Waals surface area contributed by atoms with Crippen LogP contribution in [0.2, 0.25) is 10.0 Å². The van der Waals surface area contributed by atoms with Gasteiger partial charge >= 0.3 is 5.97 Å². The van der Waals surface area contributed by atoms with Crippen LogP contribution in [-0.2, 0) is 14.3 Å². The highest BCUT2D eigenvalue weighted by molar-refractivity contribution is 6.35. The lowest BCUT2D eigenvalue weighted by molar-refractivity contribution is -0.153. The number of carbonyl (C=O) groups is 2. The van der Waals surface area contributed by atoms with Crippen molar-refractivity contribution in [1.82, 2.24) is 0 Å². The summed E-state index contributed by atoms with van der Waals surface area (Å²) in [5.41, 5.74) is 0.000735. The number of esters is 1. The second-order valence-corrected chi connectivity index (χ2v) is 5.81. The molecule has 0 radical (unpaired) electrons. The second kappa shape index (κ2) is 8.69. The Balaban J connectivity index is 1.84. The molecule has 0 aromatic heterocycles. The highest BCUT2D eigenvalue weighted by Gasteiger charge is 2.19. The number of amides is 1. The molecule has 0 saturated heterocycles. The van der Waals surface area contributed by atoms with Crippen molar-refractivity contribution in [3.05, 3.63) is 58.3 Å². The molecule has 0 aliphatic heterocycles. The van der Waals surface area contributed by atoms with Crippen molar-refractivity contribution in [2.24, 2.45) is 0 Å². The van der Waals surface area contributed by atoms with E-state index in [9.17, 15) is 14.0 Å². The van der Waals surface area contributed by atoms with Gasteiger partial charge in [0.25, 0.3) is 5.91 Å². The number of nitrogens with one attached hydrogen (secondary N) is 1. The van der Waals surface area contributed by atoms with Gasteiger partial charge in [0.15, 0.2) is 12.7 Å². The highest BCUT2D eigenvalue weighted by Crippen LogP contribution is 2.28. The third-order valence-corrected chi connectivity index (χ3v) is 3.55. The summed E-state index contributed by atoms with van der Waals surface area (Å²) in [5, 5.41) is 2.97. The molecule has 0 aliphatic carbocycles. The van der Waals surface area contributed by atoms with Crippen molar-refractivity contribution >= 4 is 40.8 Å². The molecule has 0 fully saturated rings. The summed E-state index contributed by atoms with van der Waals surface area (Å²) >= 11 is 11.7. The summed E-state index contributed by atoms with van der Waals surface area (Å²) < 4.78 is 23.6. The number of ether oxygens (including phenoxy) is 2. The number of anilines is 1. The van der Waals surface area contributed by atoms with Gasteiger partial charge in [0.2, 0.25) is 0 Å². The van der Waals surface area contributed by atoms with Gasteiger partial charge in [0, 0.05) is 5.02 Å². The van der Waals surface area contributed by atoms with E-state index in [1.807, 2.05) is 0 Å². The largest absolute Gasteiger partial charge is 0.477 e. The van der Waals surface area contributed by atoms with Crippen LogP contribution in [0.4, 0.5) is 10.1 Å². The third kappa shape index (κ3) is 5.62.